The predicted molar refractivity (Wildman–Crippen MR) is 86.8 cm³/mol. The maximum absolute atomic E-state index is 12.6. The van der Waals surface area contributed by atoms with Crippen LogP contribution in [-0.4, -0.2) is 10.8 Å². The highest BCUT2D eigenvalue weighted by Crippen LogP contribution is 2.29. The Morgan fingerprint density at radius 1 is 1.24 bits per heavy atom. The molecule has 0 aliphatic heterocycles. The first-order chi connectivity index (χ1) is 11.7. The molecule has 0 N–H and O–H groups in total. The van der Waals surface area contributed by atoms with Gasteiger partial charge in [-0.3, -0.25) is 9.78 Å². The molecule has 1 heterocycles. The second kappa shape index (κ2) is 7.47. The van der Waals surface area contributed by atoms with Crippen molar-refractivity contribution in [2.24, 2.45) is 0 Å². The molecular formula is C19H17F3N2O. The van der Waals surface area contributed by atoms with E-state index in [-0.39, 0.29) is 17.9 Å². The Hall–Kier alpha value is -2.68. The minimum Gasteiger partial charge on any atom is -0.298 e. The van der Waals surface area contributed by atoms with Gasteiger partial charge in [-0.15, -0.1) is 0 Å². The summed E-state index contributed by atoms with van der Waals surface area (Å²) in [5.41, 5.74) is 2.33. The Morgan fingerprint density at radius 3 is 2.48 bits per heavy atom. The fourth-order valence-electron chi connectivity index (χ4n) is 2.58. The molecule has 2 rings (SSSR count). The number of aromatic nitrogens is 1. The van der Waals surface area contributed by atoms with Crippen molar-refractivity contribution in [2.45, 2.75) is 38.8 Å². The summed E-state index contributed by atoms with van der Waals surface area (Å²) in [6.07, 6.45) is -3.24. The van der Waals surface area contributed by atoms with Crippen LogP contribution in [0.3, 0.4) is 0 Å². The molecule has 0 aliphatic carbocycles. The van der Waals surface area contributed by atoms with Gasteiger partial charge in [0.05, 0.1) is 17.3 Å². The highest BCUT2D eigenvalue weighted by Gasteiger charge is 2.31. The van der Waals surface area contributed by atoms with Gasteiger partial charge in [0.25, 0.3) is 0 Å². The molecule has 130 valence electrons. The molecule has 1 atom stereocenters. The van der Waals surface area contributed by atoms with Gasteiger partial charge in [-0.1, -0.05) is 23.8 Å². The number of benzene rings is 1. The molecule has 0 bridgehead atoms. The van der Waals surface area contributed by atoms with E-state index in [1.165, 1.54) is 0 Å². The van der Waals surface area contributed by atoms with Crippen molar-refractivity contribution in [2.75, 3.05) is 0 Å². The number of carbonyl (C=O) groups excluding carboxylic acids is 1. The molecule has 1 aromatic carbocycles. The summed E-state index contributed by atoms with van der Waals surface area (Å²) in [7, 11) is 0. The fourth-order valence-corrected chi connectivity index (χ4v) is 2.58. The minimum atomic E-state index is -4.50. The third-order valence-electron chi connectivity index (χ3n) is 4.00. The summed E-state index contributed by atoms with van der Waals surface area (Å²) in [6.45, 7) is 3.93. The van der Waals surface area contributed by atoms with E-state index < -0.39 is 17.7 Å². The number of nitriles is 1. The maximum atomic E-state index is 12.6. The third-order valence-corrected chi connectivity index (χ3v) is 4.00. The van der Waals surface area contributed by atoms with E-state index >= 15 is 0 Å². The maximum Gasteiger partial charge on any atom is 0.417 e. The number of rotatable bonds is 5. The van der Waals surface area contributed by atoms with E-state index in [2.05, 4.69) is 4.98 Å². The molecule has 3 nitrogen and oxygen atoms in total. The van der Waals surface area contributed by atoms with Gasteiger partial charge in [0, 0.05) is 12.6 Å². The van der Waals surface area contributed by atoms with Crippen LogP contribution in [0.1, 0.15) is 40.3 Å². The third kappa shape index (κ3) is 4.66. The van der Waals surface area contributed by atoms with E-state index in [1.807, 2.05) is 38.1 Å². The molecule has 25 heavy (non-hydrogen) atoms. The van der Waals surface area contributed by atoms with Gasteiger partial charge >= 0.3 is 6.18 Å². The van der Waals surface area contributed by atoms with Crippen LogP contribution in [0, 0.1) is 25.2 Å². The van der Waals surface area contributed by atoms with Crippen molar-refractivity contribution in [1.82, 2.24) is 4.98 Å². The summed E-state index contributed by atoms with van der Waals surface area (Å²) >= 11 is 0. The molecule has 0 saturated carbocycles. The van der Waals surface area contributed by atoms with Gasteiger partial charge in [-0.25, -0.2) is 0 Å². The summed E-state index contributed by atoms with van der Waals surface area (Å²) in [6, 6.07) is 9.67. The molecule has 1 unspecified atom stereocenters. The Morgan fingerprint density at radius 2 is 1.96 bits per heavy atom. The van der Waals surface area contributed by atoms with Gasteiger partial charge in [-0.2, -0.15) is 18.4 Å². The summed E-state index contributed by atoms with van der Waals surface area (Å²) in [4.78, 5) is 16.0. The second-order valence-corrected chi connectivity index (χ2v) is 5.93. The Balaban J connectivity index is 2.09. The quantitative estimate of drug-likeness (QED) is 0.799. The van der Waals surface area contributed by atoms with E-state index in [1.54, 1.807) is 0 Å². The van der Waals surface area contributed by atoms with E-state index in [0.29, 0.717) is 12.6 Å². The Bertz CT molecular complexity index is 805. The van der Waals surface area contributed by atoms with Crippen molar-refractivity contribution in [3.8, 4) is 6.07 Å². The highest BCUT2D eigenvalue weighted by atomic mass is 19.4. The molecule has 6 heteroatoms. The first kappa shape index (κ1) is 18.7. The standard InChI is InChI=1S/C19H17F3N2O/c1-12-3-4-14(13(2)9-12)5-8-18(25)16(10-23)17-7-6-15(11-24-17)19(20,21)22/h3-4,6-7,9,11,16H,5,8H2,1-2H3. The van der Waals surface area contributed by atoms with Crippen molar-refractivity contribution in [3.63, 3.8) is 0 Å². The van der Waals surface area contributed by atoms with Gasteiger partial charge in [0.1, 0.15) is 5.92 Å². The van der Waals surface area contributed by atoms with Crippen LogP contribution in [0.4, 0.5) is 13.2 Å². The number of hydrogen-bond donors (Lipinski definition) is 0. The SMILES string of the molecule is Cc1ccc(CCC(=O)C(C#N)c2ccc(C(F)(F)F)cn2)c(C)c1. The van der Waals surface area contributed by atoms with Crippen LogP contribution in [0.15, 0.2) is 36.5 Å². The number of nitrogens with zero attached hydrogens (tertiary/aromatic N) is 2. The highest BCUT2D eigenvalue weighted by molar-refractivity contribution is 5.88. The molecule has 0 radical (unpaired) electrons. The molecule has 0 spiro atoms. The van der Waals surface area contributed by atoms with Crippen LogP contribution < -0.4 is 0 Å². The number of alkyl halides is 3. The number of halogens is 3. The van der Waals surface area contributed by atoms with Gasteiger partial charge in [-0.05, 0) is 43.5 Å². The lowest BCUT2D eigenvalue weighted by atomic mass is 9.94. The molecule has 0 amide bonds. The largest absolute Gasteiger partial charge is 0.417 e. The molecule has 2 aromatic rings. The van der Waals surface area contributed by atoms with Crippen LogP contribution in [-0.2, 0) is 17.4 Å². The van der Waals surface area contributed by atoms with Gasteiger partial charge < -0.3 is 0 Å². The molecule has 0 fully saturated rings. The smallest absolute Gasteiger partial charge is 0.298 e. The molecule has 0 saturated heterocycles. The van der Waals surface area contributed by atoms with E-state index in [9.17, 15) is 23.2 Å². The average molecular weight is 346 g/mol. The van der Waals surface area contributed by atoms with E-state index in [0.717, 1.165) is 28.8 Å². The van der Waals surface area contributed by atoms with Crippen molar-refractivity contribution >= 4 is 5.78 Å². The van der Waals surface area contributed by atoms with Gasteiger partial charge in [0.2, 0.25) is 0 Å². The Labute approximate surface area is 144 Å². The lowest BCUT2D eigenvalue weighted by molar-refractivity contribution is -0.137. The number of aryl methyl sites for hydroxylation is 3. The van der Waals surface area contributed by atoms with Crippen LogP contribution in [0.5, 0.6) is 0 Å². The van der Waals surface area contributed by atoms with Crippen LogP contribution >= 0.6 is 0 Å². The van der Waals surface area contributed by atoms with Crippen LogP contribution in [0.2, 0.25) is 0 Å². The number of pyridine rings is 1. The monoisotopic (exact) mass is 346 g/mol. The van der Waals surface area contributed by atoms with Crippen molar-refractivity contribution < 1.29 is 18.0 Å². The number of hydrogen-bond acceptors (Lipinski definition) is 3. The number of carbonyl (C=O) groups is 1. The average Bonchev–Trinajstić information content (AvgIpc) is 2.54. The number of ketones is 1. The predicted octanol–water partition coefficient (Wildman–Crippen LogP) is 4.53. The molecule has 1 aromatic heterocycles. The second-order valence-electron chi connectivity index (χ2n) is 5.93. The number of Topliss-reactive ketones (excluding diaryl/α,β-unsaturated/α-hetero) is 1. The summed E-state index contributed by atoms with van der Waals surface area (Å²) in [5.74, 6) is -1.51. The lowest BCUT2D eigenvalue weighted by Crippen LogP contribution is -2.14. The zero-order valence-corrected chi connectivity index (χ0v) is 13.9. The van der Waals surface area contributed by atoms with E-state index in [4.69, 9.17) is 0 Å². The Kier molecular flexibility index (Phi) is 5.58. The van der Waals surface area contributed by atoms with Crippen LogP contribution in [0.25, 0.3) is 0 Å². The molecule has 0 aliphatic rings. The first-order valence-corrected chi connectivity index (χ1v) is 7.74. The lowest BCUT2D eigenvalue weighted by Gasteiger charge is -2.11. The van der Waals surface area contributed by atoms with Crippen molar-refractivity contribution in [3.05, 3.63) is 64.5 Å². The summed E-state index contributed by atoms with van der Waals surface area (Å²) < 4.78 is 37.7. The first-order valence-electron chi connectivity index (χ1n) is 7.74. The fraction of sp³-hybridized carbons (Fsp3) is 0.316. The normalized spacial score (nSPS) is 12.5. The molecular weight excluding hydrogens is 329 g/mol. The zero-order chi connectivity index (χ0) is 18.6. The minimum absolute atomic E-state index is 0.0427. The zero-order valence-electron chi connectivity index (χ0n) is 13.9. The van der Waals surface area contributed by atoms with Gasteiger partial charge in [0.15, 0.2) is 5.78 Å². The summed E-state index contributed by atoms with van der Waals surface area (Å²) in [5, 5.41) is 9.23. The topological polar surface area (TPSA) is 53.8 Å². The van der Waals surface area contributed by atoms with Crippen molar-refractivity contribution in [1.29, 1.82) is 5.26 Å².